The first-order valence-corrected chi connectivity index (χ1v) is 10.0. The molecule has 1 aromatic carbocycles. The second-order valence-electron chi connectivity index (χ2n) is 7.32. The zero-order valence-electron chi connectivity index (χ0n) is 15.7. The van der Waals surface area contributed by atoms with Crippen LogP contribution in [0.2, 0.25) is 0 Å². The molecule has 0 bridgehead atoms. The van der Waals surface area contributed by atoms with Crippen molar-refractivity contribution < 1.29 is 26.9 Å². The molecule has 1 saturated heterocycles. The van der Waals surface area contributed by atoms with Crippen molar-refractivity contribution in [1.29, 1.82) is 0 Å². The van der Waals surface area contributed by atoms with Gasteiger partial charge >= 0.3 is 6.09 Å². The van der Waals surface area contributed by atoms with E-state index in [1.54, 1.807) is 32.9 Å². The highest BCUT2D eigenvalue weighted by Crippen LogP contribution is 2.16. The van der Waals surface area contributed by atoms with Gasteiger partial charge < -0.3 is 14.4 Å². The molecule has 7 nitrogen and oxygen atoms in total. The Kier molecular flexibility index (Phi) is 6.65. The maximum absolute atomic E-state index is 12.3. The van der Waals surface area contributed by atoms with Crippen LogP contribution in [0.25, 0.3) is 0 Å². The molecule has 0 aliphatic carbocycles. The summed E-state index contributed by atoms with van der Waals surface area (Å²) in [6.45, 7) is 8.26. The van der Waals surface area contributed by atoms with E-state index < -0.39 is 27.9 Å². The van der Waals surface area contributed by atoms with Crippen molar-refractivity contribution in [3.8, 4) is 0 Å². The average Bonchev–Trinajstić information content (AvgIpc) is 2.78. The van der Waals surface area contributed by atoms with Crippen molar-refractivity contribution in [1.82, 2.24) is 4.90 Å². The maximum atomic E-state index is 12.3. The van der Waals surface area contributed by atoms with E-state index in [0.29, 0.717) is 19.6 Å². The molecule has 0 spiro atoms. The number of aryl methyl sites for hydroxylation is 1. The summed E-state index contributed by atoms with van der Waals surface area (Å²) in [7, 11) is -3.87. The molecule has 1 aliphatic rings. The molecule has 0 saturated carbocycles. The third-order valence-electron chi connectivity index (χ3n) is 3.72. The van der Waals surface area contributed by atoms with Crippen LogP contribution in [0, 0.1) is 6.92 Å². The maximum Gasteiger partial charge on any atom is 0.410 e. The van der Waals surface area contributed by atoms with Gasteiger partial charge in [0.15, 0.2) is 0 Å². The molecule has 2 rings (SSSR count). The van der Waals surface area contributed by atoms with Gasteiger partial charge in [-0.3, -0.25) is 4.18 Å². The van der Waals surface area contributed by atoms with Crippen LogP contribution in [-0.4, -0.2) is 57.4 Å². The van der Waals surface area contributed by atoms with Crippen LogP contribution in [0.4, 0.5) is 4.79 Å². The smallest absolute Gasteiger partial charge is 0.410 e. The number of carbonyl (C=O) groups is 1. The fourth-order valence-corrected chi connectivity index (χ4v) is 3.36. The lowest BCUT2D eigenvalue weighted by atomic mass is 10.2. The number of carbonyl (C=O) groups excluding carboxylic acids is 1. The van der Waals surface area contributed by atoms with Crippen LogP contribution < -0.4 is 0 Å². The first-order chi connectivity index (χ1) is 12.1. The van der Waals surface area contributed by atoms with Crippen LogP contribution in [0.1, 0.15) is 32.8 Å². The Hall–Kier alpha value is -1.64. The van der Waals surface area contributed by atoms with Gasteiger partial charge in [0, 0.05) is 13.2 Å². The Balaban J connectivity index is 1.97. The Morgan fingerprint density at radius 2 is 1.92 bits per heavy atom. The van der Waals surface area contributed by atoms with Gasteiger partial charge in [0.2, 0.25) is 0 Å². The molecule has 146 valence electrons. The van der Waals surface area contributed by atoms with Gasteiger partial charge in [-0.1, -0.05) is 17.7 Å². The highest BCUT2D eigenvalue weighted by molar-refractivity contribution is 7.86. The fourth-order valence-electron chi connectivity index (χ4n) is 2.43. The fraction of sp³-hybridized carbons (Fsp3) is 0.611. The molecule has 0 aromatic heterocycles. The predicted molar refractivity (Wildman–Crippen MR) is 96.5 cm³/mol. The van der Waals surface area contributed by atoms with E-state index in [2.05, 4.69) is 0 Å². The predicted octanol–water partition coefficient (Wildman–Crippen LogP) is 2.73. The highest BCUT2D eigenvalue weighted by Gasteiger charge is 2.28. The molecule has 1 amide bonds. The lowest BCUT2D eigenvalue weighted by Crippen LogP contribution is -2.41. The van der Waals surface area contributed by atoms with E-state index >= 15 is 0 Å². The summed E-state index contributed by atoms with van der Waals surface area (Å²) in [5.74, 6) is 0. The average molecular weight is 385 g/mol. The Labute approximate surface area is 155 Å². The van der Waals surface area contributed by atoms with Gasteiger partial charge in [-0.25, -0.2) is 4.79 Å². The number of hydrogen-bond acceptors (Lipinski definition) is 6. The number of ether oxygens (including phenoxy) is 2. The molecule has 1 fully saturated rings. The van der Waals surface area contributed by atoms with Crippen molar-refractivity contribution in [2.24, 2.45) is 0 Å². The monoisotopic (exact) mass is 385 g/mol. The van der Waals surface area contributed by atoms with Gasteiger partial charge in [-0.05, 0) is 46.2 Å². The topological polar surface area (TPSA) is 82.1 Å². The lowest BCUT2D eigenvalue weighted by molar-refractivity contribution is 0.00375. The quantitative estimate of drug-likeness (QED) is 0.741. The summed E-state index contributed by atoms with van der Waals surface area (Å²) in [5, 5.41) is 0. The molecule has 1 aliphatic heterocycles. The van der Waals surface area contributed by atoms with Gasteiger partial charge in [-0.2, -0.15) is 8.42 Å². The summed E-state index contributed by atoms with van der Waals surface area (Å²) >= 11 is 0. The third-order valence-corrected chi connectivity index (χ3v) is 5.02. The summed E-state index contributed by atoms with van der Waals surface area (Å²) in [6.07, 6.45) is -0.319. The van der Waals surface area contributed by atoms with E-state index in [1.165, 1.54) is 17.0 Å². The summed E-state index contributed by atoms with van der Waals surface area (Å²) < 4.78 is 40.7. The molecule has 0 N–H and O–H groups in total. The molecule has 26 heavy (non-hydrogen) atoms. The highest BCUT2D eigenvalue weighted by atomic mass is 32.2. The zero-order valence-corrected chi connectivity index (χ0v) is 16.5. The standard InChI is InChI=1S/C18H27NO6S/c1-14-6-8-16(9-7-14)26(21,22)24-13-15-12-19(10-5-11-23-15)17(20)25-18(2,3)4/h6-9,15H,5,10-13H2,1-4H3/t15-/m1/s1. The summed E-state index contributed by atoms with van der Waals surface area (Å²) in [5.41, 5.74) is 0.370. The number of amides is 1. The Bertz CT molecular complexity index is 708. The van der Waals surface area contributed by atoms with Gasteiger partial charge in [-0.15, -0.1) is 0 Å². The molecule has 1 heterocycles. The summed E-state index contributed by atoms with van der Waals surface area (Å²) in [4.78, 5) is 13.9. The lowest BCUT2D eigenvalue weighted by Gasteiger charge is -2.27. The Morgan fingerprint density at radius 3 is 2.54 bits per heavy atom. The Morgan fingerprint density at radius 1 is 1.27 bits per heavy atom. The molecule has 0 radical (unpaired) electrons. The SMILES string of the molecule is Cc1ccc(S(=O)(=O)OC[C@H]2CN(C(=O)OC(C)(C)C)CCCO2)cc1. The number of hydrogen-bond donors (Lipinski definition) is 0. The molecule has 1 atom stereocenters. The van der Waals surface area contributed by atoms with E-state index in [1.807, 2.05) is 6.92 Å². The van der Waals surface area contributed by atoms with Gasteiger partial charge in [0.1, 0.15) is 5.60 Å². The molecule has 8 heteroatoms. The van der Waals surface area contributed by atoms with Crippen LogP contribution in [0.15, 0.2) is 29.2 Å². The molecule has 1 aromatic rings. The van der Waals surface area contributed by atoms with Crippen LogP contribution in [-0.2, 0) is 23.8 Å². The van der Waals surface area contributed by atoms with Crippen molar-refractivity contribution in [3.63, 3.8) is 0 Å². The first-order valence-electron chi connectivity index (χ1n) is 8.62. The minimum absolute atomic E-state index is 0.0979. The van der Waals surface area contributed by atoms with Gasteiger partial charge in [0.05, 0.1) is 24.2 Å². The van der Waals surface area contributed by atoms with Crippen molar-refractivity contribution >= 4 is 16.2 Å². The number of nitrogens with zero attached hydrogens (tertiary/aromatic N) is 1. The van der Waals surface area contributed by atoms with Crippen LogP contribution in [0.3, 0.4) is 0 Å². The van der Waals surface area contributed by atoms with Crippen molar-refractivity contribution in [3.05, 3.63) is 29.8 Å². The minimum atomic E-state index is -3.87. The molecule has 0 unspecified atom stereocenters. The number of benzene rings is 1. The van der Waals surface area contributed by atoms with E-state index in [9.17, 15) is 13.2 Å². The van der Waals surface area contributed by atoms with E-state index in [-0.39, 0.29) is 18.0 Å². The third kappa shape index (κ3) is 6.26. The normalized spacial score (nSPS) is 19.1. The van der Waals surface area contributed by atoms with E-state index in [4.69, 9.17) is 13.7 Å². The van der Waals surface area contributed by atoms with Crippen LogP contribution >= 0.6 is 0 Å². The molecular weight excluding hydrogens is 358 g/mol. The minimum Gasteiger partial charge on any atom is -0.444 e. The van der Waals surface area contributed by atoms with Gasteiger partial charge in [0.25, 0.3) is 10.1 Å². The summed E-state index contributed by atoms with van der Waals surface area (Å²) in [6, 6.07) is 6.43. The largest absolute Gasteiger partial charge is 0.444 e. The zero-order chi connectivity index (χ0) is 19.4. The first kappa shape index (κ1) is 20.7. The second-order valence-corrected chi connectivity index (χ2v) is 8.94. The van der Waals surface area contributed by atoms with Crippen molar-refractivity contribution in [2.75, 3.05) is 26.3 Å². The van der Waals surface area contributed by atoms with E-state index in [0.717, 1.165) is 5.56 Å². The second kappa shape index (κ2) is 8.37. The molecular formula is C18H27NO6S. The van der Waals surface area contributed by atoms with Crippen LogP contribution in [0.5, 0.6) is 0 Å². The van der Waals surface area contributed by atoms with Crippen molar-refractivity contribution in [2.45, 2.75) is 50.7 Å². The number of rotatable bonds is 4.